The molecule has 88 valence electrons. The summed E-state index contributed by atoms with van der Waals surface area (Å²) >= 11 is 0. The zero-order valence-electron chi connectivity index (χ0n) is 10.0. The van der Waals surface area contributed by atoms with E-state index in [1.807, 2.05) is 20.8 Å². The van der Waals surface area contributed by atoms with Gasteiger partial charge in [0.15, 0.2) is 0 Å². The van der Waals surface area contributed by atoms with Gasteiger partial charge in [-0.25, -0.2) is 4.98 Å². The monoisotopic (exact) mass is 224 g/mol. The van der Waals surface area contributed by atoms with Crippen molar-refractivity contribution >= 4 is 5.91 Å². The van der Waals surface area contributed by atoms with Crippen LogP contribution in [0.4, 0.5) is 4.39 Å². The van der Waals surface area contributed by atoms with Gasteiger partial charge in [-0.1, -0.05) is 26.8 Å². The number of nitrogens with one attached hydrogen (secondary N) is 1. The van der Waals surface area contributed by atoms with E-state index in [1.165, 1.54) is 6.20 Å². The molecule has 0 aliphatic carbocycles. The highest BCUT2D eigenvalue weighted by molar-refractivity contribution is 5.81. The number of amides is 1. The minimum absolute atomic E-state index is 0.108. The van der Waals surface area contributed by atoms with E-state index in [4.69, 9.17) is 0 Å². The molecule has 0 radical (unpaired) electrons. The van der Waals surface area contributed by atoms with Gasteiger partial charge in [0.05, 0.1) is 6.04 Å². The van der Waals surface area contributed by atoms with Gasteiger partial charge in [0.25, 0.3) is 0 Å². The predicted molar refractivity (Wildman–Crippen MR) is 60.2 cm³/mol. The first-order valence-electron chi connectivity index (χ1n) is 5.23. The van der Waals surface area contributed by atoms with E-state index in [9.17, 15) is 9.18 Å². The van der Waals surface area contributed by atoms with Gasteiger partial charge in [-0.05, 0) is 13.0 Å². The van der Waals surface area contributed by atoms with Crippen LogP contribution in [0.3, 0.4) is 0 Å². The van der Waals surface area contributed by atoms with Crippen LogP contribution in [0.1, 0.15) is 39.3 Å². The SMILES string of the molecule is C[C@@H](NC(=O)C(C)(C)C)c1cccnc1F. The smallest absolute Gasteiger partial charge is 0.225 e. The lowest BCUT2D eigenvalue weighted by atomic mass is 9.95. The number of nitrogens with zero attached hydrogens (tertiary/aromatic N) is 1. The van der Waals surface area contributed by atoms with Gasteiger partial charge in [-0.3, -0.25) is 4.79 Å². The van der Waals surface area contributed by atoms with Gasteiger partial charge in [0.1, 0.15) is 0 Å². The molecule has 16 heavy (non-hydrogen) atoms. The van der Waals surface area contributed by atoms with Crippen LogP contribution in [0, 0.1) is 11.4 Å². The minimum Gasteiger partial charge on any atom is -0.349 e. The molecular formula is C12H17FN2O. The lowest BCUT2D eigenvalue weighted by Gasteiger charge is -2.22. The van der Waals surface area contributed by atoms with Crippen LogP contribution in [0.2, 0.25) is 0 Å². The Bertz CT molecular complexity index is 385. The summed E-state index contributed by atoms with van der Waals surface area (Å²) in [5.41, 5.74) is -0.0764. The number of pyridine rings is 1. The Hall–Kier alpha value is -1.45. The third kappa shape index (κ3) is 3.02. The van der Waals surface area contributed by atoms with Crippen LogP contribution in [-0.2, 0) is 4.79 Å². The second-order valence-electron chi connectivity index (χ2n) is 4.83. The van der Waals surface area contributed by atoms with E-state index < -0.39 is 11.4 Å². The van der Waals surface area contributed by atoms with E-state index in [2.05, 4.69) is 10.3 Å². The molecule has 0 aliphatic rings. The molecule has 0 spiro atoms. The third-order valence-electron chi connectivity index (χ3n) is 2.28. The summed E-state index contributed by atoms with van der Waals surface area (Å²) in [6.07, 6.45) is 1.39. The Balaban J connectivity index is 2.78. The maximum absolute atomic E-state index is 13.3. The predicted octanol–water partition coefficient (Wildman–Crippen LogP) is 2.44. The quantitative estimate of drug-likeness (QED) is 0.784. The van der Waals surface area contributed by atoms with Crippen molar-refractivity contribution in [3.05, 3.63) is 29.8 Å². The average Bonchev–Trinajstić information content (AvgIpc) is 2.16. The van der Waals surface area contributed by atoms with Gasteiger partial charge in [0.2, 0.25) is 11.9 Å². The van der Waals surface area contributed by atoms with E-state index in [0.717, 1.165) is 0 Å². The number of hydrogen-bond acceptors (Lipinski definition) is 2. The summed E-state index contributed by atoms with van der Waals surface area (Å²) in [4.78, 5) is 15.3. The molecule has 4 heteroatoms. The van der Waals surface area contributed by atoms with Gasteiger partial charge < -0.3 is 5.32 Å². The standard InChI is InChI=1S/C12H17FN2O/c1-8(15-11(16)12(2,3)4)9-6-5-7-14-10(9)13/h5-8H,1-4H3,(H,15,16)/t8-/m1/s1. The zero-order valence-corrected chi connectivity index (χ0v) is 10.0. The number of hydrogen-bond donors (Lipinski definition) is 1. The Labute approximate surface area is 95.1 Å². The minimum atomic E-state index is -0.538. The Kier molecular flexibility index (Phi) is 3.62. The van der Waals surface area contributed by atoms with Gasteiger partial charge >= 0.3 is 0 Å². The highest BCUT2D eigenvalue weighted by Gasteiger charge is 2.23. The van der Waals surface area contributed by atoms with Gasteiger partial charge in [-0.2, -0.15) is 4.39 Å². The molecule has 1 N–H and O–H groups in total. The van der Waals surface area contributed by atoms with Crippen LogP contribution < -0.4 is 5.32 Å². The topological polar surface area (TPSA) is 42.0 Å². The summed E-state index contributed by atoms with van der Waals surface area (Å²) in [7, 11) is 0. The second-order valence-corrected chi connectivity index (χ2v) is 4.83. The summed E-state index contributed by atoms with van der Waals surface area (Å²) < 4.78 is 13.3. The molecule has 0 saturated carbocycles. The molecule has 1 aromatic heterocycles. The first-order valence-corrected chi connectivity index (χ1v) is 5.23. The lowest BCUT2D eigenvalue weighted by molar-refractivity contribution is -0.129. The van der Waals surface area contributed by atoms with Crippen LogP contribution in [0.15, 0.2) is 18.3 Å². The maximum atomic E-state index is 13.3. The van der Waals surface area contributed by atoms with E-state index in [-0.39, 0.29) is 11.9 Å². The molecule has 1 heterocycles. The first-order chi connectivity index (χ1) is 7.32. The molecule has 1 rings (SSSR count). The van der Waals surface area contributed by atoms with Crippen molar-refractivity contribution < 1.29 is 9.18 Å². The van der Waals surface area contributed by atoms with Crippen molar-refractivity contribution in [2.24, 2.45) is 5.41 Å². The molecular weight excluding hydrogens is 207 g/mol. The zero-order chi connectivity index (χ0) is 12.3. The number of halogens is 1. The Morgan fingerprint density at radius 2 is 2.12 bits per heavy atom. The van der Waals surface area contributed by atoms with Crippen molar-refractivity contribution in [1.82, 2.24) is 10.3 Å². The molecule has 1 aromatic rings. The fourth-order valence-corrected chi connectivity index (χ4v) is 1.21. The normalized spacial score (nSPS) is 13.3. The Morgan fingerprint density at radius 1 is 1.50 bits per heavy atom. The fourth-order valence-electron chi connectivity index (χ4n) is 1.21. The van der Waals surface area contributed by atoms with Crippen LogP contribution in [0.25, 0.3) is 0 Å². The molecule has 0 aromatic carbocycles. The molecule has 0 aliphatic heterocycles. The highest BCUT2D eigenvalue weighted by atomic mass is 19.1. The lowest BCUT2D eigenvalue weighted by Crippen LogP contribution is -2.36. The molecule has 0 unspecified atom stereocenters. The van der Waals surface area contributed by atoms with E-state index >= 15 is 0 Å². The van der Waals surface area contributed by atoms with E-state index in [1.54, 1.807) is 19.1 Å². The summed E-state index contributed by atoms with van der Waals surface area (Å²) in [5.74, 6) is -0.646. The average molecular weight is 224 g/mol. The van der Waals surface area contributed by atoms with Crippen LogP contribution >= 0.6 is 0 Å². The van der Waals surface area contributed by atoms with Gasteiger partial charge in [-0.15, -0.1) is 0 Å². The third-order valence-corrected chi connectivity index (χ3v) is 2.28. The van der Waals surface area contributed by atoms with Crippen molar-refractivity contribution in [1.29, 1.82) is 0 Å². The molecule has 1 amide bonds. The maximum Gasteiger partial charge on any atom is 0.225 e. The van der Waals surface area contributed by atoms with Crippen molar-refractivity contribution in [3.8, 4) is 0 Å². The van der Waals surface area contributed by atoms with Crippen molar-refractivity contribution in [3.63, 3.8) is 0 Å². The molecule has 1 atom stereocenters. The van der Waals surface area contributed by atoms with Crippen LogP contribution in [-0.4, -0.2) is 10.9 Å². The highest BCUT2D eigenvalue weighted by Crippen LogP contribution is 2.18. The number of rotatable bonds is 2. The molecule has 3 nitrogen and oxygen atoms in total. The largest absolute Gasteiger partial charge is 0.349 e. The van der Waals surface area contributed by atoms with Gasteiger partial charge in [0, 0.05) is 17.2 Å². The van der Waals surface area contributed by atoms with Crippen molar-refractivity contribution in [2.45, 2.75) is 33.7 Å². The number of carbonyl (C=O) groups is 1. The van der Waals surface area contributed by atoms with Crippen LogP contribution in [0.5, 0.6) is 0 Å². The first kappa shape index (κ1) is 12.6. The molecule has 0 saturated heterocycles. The van der Waals surface area contributed by atoms with Crippen molar-refractivity contribution in [2.75, 3.05) is 0 Å². The van der Waals surface area contributed by atoms with E-state index in [0.29, 0.717) is 5.56 Å². The summed E-state index contributed by atoms with van der Waals surface area (Å²) in [6.45, 7) is 7.18. The number of aromatic nitrogens is 1. The number of carbonyl (C=O) groups excluding carboxylic acids is 1. The Morgan fingerprint density at radius 3 is 2.62 bits per heavy atom. The fraction of sp³-hybridized carbons (Fsp3) is 0.500. The summed E-state index contributed by atoms with van der Waals surface area (Å²) in [6, 6.07) is 2.90. The summed E-state index contributed by atoms with van der Waals surface area (Å²) in [5, 5.41) is 2.76. The molecule has 0 fully saturated rings. The second kappa shape index (κ2) is 4.60. The molecule has 0 bridgehead atoms.